The van der Waals surface area contributed by atoms with E-state index in [1.807, 2.05) is 19.0 Å². The number of rotatable bonds is 5. The topological polar surface area (TPSA) is 73.7 Å². The Morgan fingerprint density at radius 3 is 2.48 bits per heavy atom. The van der Waals surface area contributed by atoms with E-state index in [4.69, 9.17) is 0 Å². The van der Waals surface area contributed by atoms with Gasteiger partial charge in [0.1, 0.15) is 17.6 Å². The standard InChI is InChI=1S/C20H20FN3O3/c1-23(2)11-12-24-17(15-5-3-4-10-22-15)16(19(26)20(24)27)18(25)13-6-8-14(21)9-7-13/h3-10,17,25H,11-12H2,1-2H3. The van der Waals surface area contributed by atoms with Crippen molar-refractivity contribution in [1.82, 2.24) is 14.8 Å². The molecule has 2 heterocycles. The van der Waals surface area contributed by atoms with Crippen LogP contribution in [0.5, 0.6) is 0 Å². The van der Waals surface area contributed by atoms with Gasteiger partial charge in [0.15, 0.2) is 0 Å². The zero-order valence-corrected chi connectivity index (χ0v) is 15.1. The van der Waals surface area contributed by atoms with Gasteiger partial charge in [-0.25, -0.2) is 4.39 Å². The molecule has 3 rings (SSSR count). The van der Waals surface area contributed by atoms with Gasteiger partial charge in [0.2, 0.25) is 0 Å². The number of carbonyl (C=O) groups excluding carboxylic acids is 2. The Kier molecular flexibility index (Phi) is 5.32. The average Bonchev–Trinajstić information content (AvgIpc) is 2.91. The number of benzene rings is 1. The molecule has 1 aliphatic heterocycles. The normalized spacial score (nSPS) is 19.1. The van der Waals surface area contributed by atoms with E-state index in [1.54, 1.807) is 24.4 Å². The molecule has 0 radical (unpaired) electrons. The number of aliphatic hydroxyl groups excluding tert-OH is 1. The molecule has 1 fully saturated rings. The van der Waals surface area contributed by atoms with Crippen molar-refractivity contribution in [2.75, 3.05) is 27.2 Å². The quantitative estimate of drug-likeness (QED) is 0.497. The molecule has 140 valence electrons. The van der Waals surface area contributed by atoms with Crippen LogP contribution in [0.25, 0.3) is 5.76 Å². The summed E-state index contributed by atoms with van der Waals surface area (Å²) in [5.74, 6) is -2.25. The van der Waals surface area contributed by atoms with Crippen LogP contribution in [0.1, 0.15) is 17.3 Å². The molecule has 7 heteroatoms. The van der Waals surface area contributed by atoms with Crippen molar-refractivity contribution < 1.29 is 19.1 Å². The number of aliphatic hydroxyl groups is 1. The molecule has 0 spiro atoms. The van der Waals surface area contributed by atoms with E-state index in [0.717, 1.165) is 0 Å². The molecule has 1 aromatic heterocycles. The van der Waals surface area contributed by atoms with E-state index in [-0.39, 0.29) is 16.9 Å². The number of carbonyl (C=O) groups is 2. The van der Waals surface area contributed by atoms with Gasteiger partial charge in [0, 0.05) is 24.8 Å². The summed E-state index contributed by atoms with van der Waals surface area (Å²) in [5, 5.41) is 10.7. The van der Waals surface area contributed by atoms with Gasteiger partial charge in [0.25, 0.3) is 11.7 Å². The highest BCUT2D eigenvalue weighted by atomic mass is 19.1. The van der Waals surface area contributed by atoms with Gasteiger partial charge in [-0.15, -0.1) is 0 Å². The third-order valence-electron chi connectivity index (χ3n) is 4.41. The fraction of sp³-hybridized carbons (Fsp3) is 0.250. The fourth-order valence-electron chi connectivity index (χ4n) is 3.03. The second kappa shape index (κ2) is 7.67. The smallest absolute Gasteiger partial charge is 0.295 e. The Morgan fingerprint density at radius 2 is 1.89 bits per heavy atom. The lowest BCUT2D eigenvalue weighted by Gasteiger charge is -2.25. The minimum atomic E-state index is -0.795. The van der Waals surface area contributed by atoms with Gasteiger partial charge in [-0.2, -0.15) is 0 Å². The van der Waals surface area contributed by atoms with Crippen molar-refractivity contribution in [1.29, 1.82) is 0 Å². The van der Waals surface area contributed by atoms with E-state index in [2.05, 4.69) is 4.98 Å². The predicted molar refractivity (Wildman–Crippen MR) is 98.2 cm³/mol. The van der Waals surface area contributed by atoms with E-state index in [1.165, 1.54) is 29.2 Å². The Morgan fingerprint density at radius 1 is 1.19 bits per heavy atom. The van der Waals surface area contributed by atoms with Gasteiger partial charge < -0.3 is 14.9 Å². The van der Waals surface area contributed by atoms with Crippen molar-refractivity contribution >= 4 is 17.4 Å². The van der Waals surface area contributed by atoms with E-state index in [0.29, 0.717) is 18.8 Å². The van der Waals surface area contributed by atoms with Crippen molar-refractivity contribution in [2.24, 2.45) is 0 Å². The Hall–Kier alpha value is -3.06. The number of hydrogen-bond acceptors (Lipinski definition) is 5. The lowest BCUT2D eigenvalue weighted by molar-refractivity contribution is -0.140. The molecule has 0 bridgehead atoms. The molecule has 1 aromatic carbocycles. The maximum Gasteiger partial charge on any atom is 0.295 e. The number of likely N-dealkylation sites (N-methyl/N-ethyl adjacent to an activating group) is 1. The van der Waals surface area contributed by atoms with E-state index >= 15 is 0 Å². The second-order valence-corrected chi connectivity index (χ2v) is 6.56. The molecule has 1 atom stereocenters. The Balaban J connectivity index is 2.12. The number of halogens is 1. The number of ketones is 1. The first kappa shape index (κ1) is 18.7. The first-order valence-electron chi connectivity index (χ1n) is 8.50. The van der Waals surface area contributed by atoms with Crippen LogP contribution in [-0.2, 0) is 9.59 Å². The van der Waals surface area contributed by atoms with Gasteiger partial charge in [-0.05, 0) is 50.5 Å². The molecule has 27 heavy (non-hydrogen) atoms. The number of hydrogen-bond donors (Lipinski definition) is 1. The van der Waals surface area contributed by atoms with Crippen LogP contribution < -0.4 is 0 Å². The largest absolute Gasteiger partial charge is 0.507 e. The fourth-order valence-corrected chi connectivity index (χ4v) is 3.03. The summed E-state index contributed by atoms with van der Waals surface area (Å²) in [7, 11) is 3.73. The minimum absolute atomic E-state index is 0.0379. The van der Waals surface area contributed by atoms with E-state index in [9.17, 15) is 19.1 Å². The monoisotopic (exact) mass is 369 g/mol. The van der Waals surface area contributed by atoms with Crippen LogP contribution >= 0.6 is 0 Å². The van der Waals surface area contributed by atoms with Gasteiger partial charge in [0.05, 0.1) is 11.3 Å². The van der Waals surface area contributed by atoms with Gasteiger partial charge in [-0.1, -0.05) is 6.07 Å². The van der Waals surface area contributed by atoms with E-state index < -0.39 is 23.5 Å². The summed E-state index contributed by atoms with van der Waals surface area (Å²) in [4.78, 5) is 32.9. The second-order valence-electron chi connectivity index (χ2n) is 6.56. The molecule has 0 aliphatic carbocycles. The zero-order valence-electron chi connectivity index (χ0n) is 15.1. The molecular weight excluding hydrogens is 349 g/mol. The number of Topliss-reactive ketones (excluding diaryl/α,β-unsaturated/α-hetero) is 1. The molecule has 2 aromatic rings. The maximum atomic E-state index is 13.2. The third kappa shape index (κ3) is 3.73. The molecule has 1 N–H and O–H groups in total. The van der Waals surface area contributed by atoms with Crippen LogP contribution in [0.4, 0.5) is 4.39 Å². The number of pyridine rings is 1. The lowest BCUT2D eigenvalue weighted by Crippen LogP contribution is -2.35. The summed E-state index contributed by atoms with van der Waals surface area (Å²) in [6.07, 6.45) is 1.57. The van der Waals surface area contributed by atoms with Crippen molar-refractivity contribution in [3.63, 3.8) is 0 Å². The Bertz CT molecular complexity index is 879. The highest BCUT2D eigenvalue weighted by Crippen LogP contribution is 2.38. The molecule has 0 saturated carbocycles. The average molecular weight is 369 g/mol. The molecule has 1 saturated heterocycles. The van der Waals surface area contributed by atoms with Crippen LogP contribution in [0.2, 0.25) is 0 Å². The SMILES string of the molecule is CN(C)CCN1C(=O)C(=O)C(=C(O)c2ccc(F)cc2)C1c1ccccn1. The zero-order chi connectivity index (χ0) is 19.6. The third-order valence-corrected chi connectivity index (χ3v) is 4.41. The maximum absolute atomic E-state index is 13.2. The van der Waals surface area contributed by atoms with Crippen LogP contribution in [0.15, 0.2) is 54.2 Å². The summed E-state index contributed by atoms with van der Waals surface area (Å²) in [6, 6.07) is 9.51. The van der Waals surface area contributed by atoms with Gasteiger partial charge >= 0.3 is 0 Å². The first-order chi connectivity index (χ1) is 12.9. The molecule has 1 amide bonds. The molecule has 1 aliphatic rings. The first-order valence-corrected chi connectivity index (χ1v) is 8.50. The number of amides is 1. The van der Waals surface area contributed by atoms with Gasteiger partial charge in [-0.3, -0.25) is 14.6 Å². The number of nitrogens with zero attached hydrogens (tertiary/aromatic N) is 3. The summed E-state index contributed by atoms with van der Waals surface area (Å²) in [6.45, 7) is 0.853. The number of likely N-dealkylation sites (tertiary alicyclic amines) is 1. The van der Waals surface area contributed by atoms with Crippen molar-refractivity contribution in [3.05, 3.63) is 71.3 Å². The van der Waals surface area contributed by atoms with Crippen LogP contribution in [-0.4, -0.2) is 58.8 Å². The van der Waals surface area contributed by atoms with Crippen LogP contribution in [0, 0.1) is 5.82 Å². The lowest BCUT2D eigenvalue weighted by atomic mass is 9.98. The highest BCUT2D eigenvalue weighted by molar-refractivity contribution is 6.46. The summed E-state index contributed by atoms with van der Waals surface area (Å²) in [5.41, 5.74) is 0.714. The predicted octanol–water partition coefficient (Wildman–Crippen LogP) is 2.20. The molecular formula is C20H20FN3O3. The van der Waals surface area contributed by atoms with Crippen LogP contribution in [0.3, 0.4) is 0 Å². The highest BCUT2D eigenvalue weighted by Gasteiger charge is 2.46. The number of aromatic nitrogens is 1. The summed E-state index contributed by atoms with van der Waals surface area (Å²) < 4.78 is 13.2. The molecule has 1 unspecified atom stereocenters. The Labute approximate surface area is 156 Å². The van der Waals surface area contributed by atoms with Crippen molar-refractivity contribution in [2.45, 2.75) is 6.04 Å². The minimum Gasteiger partial charge on any atom is -0.507 e. The molecule has 6 nitrogen and oxygen atoms in total. The van der Waals surface area contributed by atoms with Crippen molar-refractivity contribution in [3.8, 4) is 0 Å². The summed E-state index contributed by atoms with van der Waals surface area (Å²) >= 11 is 0.